The molecule has 10 bridgehead atoms. The highest BCUT2D eigenvalue weighted by atomic mass is 16.6. The van der Waals surface area contributed by atoms with Gasteiger partial charge in [-0.25, -0.2) is 0 Å². The average Bonchev–Trinajstić information content (AvgIpc) is 1.58. The zero-order valence-corrected chi connectivity index (χ0v) is 71.5. The Bertz CT molecular complexity index is 4760. The SMILES string of the molecule is CCC(C)c1ccc(OC(=O)C2CC3CC2C2OC32)c(C)c1.CCC(C)c1ccc(OC(=O)C2CC3CC2C2OC32)c(C)c1.CCC(C)c1ccc(OC(=O)C2CC3CC2C2OC32)c(C)c1.CCC(C)c1ccc(OC(=O)C2CC3CC2C2OC32)c2ccccc12.CCC(C)c1ccc2cc(OC(=O)C3CC4CC3C3OC43)ccc2c1.O=C=O. The van der Waals surface area contributed by atoms with Gasteiger partial charge in [-0.1, -0.05) is 160 Å². The van der Waals surface area contributed by atoms with E-state index in [1.807, 2.05) is 63.2 Å². The maximum Gasteiger partial charge on any atom is 0.373 e. The van der Waals surface area contributed by atoms with E-state index in [1.54, 1.807) is 0 Å². The molecule has 17 heteroatoms. The molecule has 10 saturated carbocycles. The van der Waals surface area contributed by atoms with E-state index < -0.39 is 0 Å². The fourth-order valence-electron chi connectivity index (χ4n) is 23.2. The molecule has 15 aliphatic rings. The van der Waals surface area contributed by atoms with Crippen molar-refractivity contribution in [3.63, 3.8) is 0 Å². The normalized spacial score (nSPS) is 34.0. The van der Waals surface area contributed by atoms with Crippen LogP contribution in [0.1, 0.15) is 240 Å². The maximum atomic E-state index is 12.8. The van der Waals surface area contributed by atoms with E-state index in [0.29, 0.717) is 179 Å². The molecule has 5 aliphatic heterocycles. The zero-order valence-electron chi connectivity index (χ0n) is 71.5. The predicted octanol–water partition coefficient (Wildman–Crippen LogP) is 20.3. The number of epoxide rings is 5. The van der Waals surface area contributed by atoms with Crippen LogP contribution in [0.3, 0.4) is 0 Å². The Kier molecular flexibility index (Phi) is 23.8. The first-order chi connectivity index (χ1) is 57.5. The molecular formula is C102H120O17. The molecule has 15 fully saturated rings. The average molecular weight is 1620 g/mol. The molecular weight excluding hydrogens is 1500 g/mol. The van der Waals surface area contributed by atoms with E-state index in [1.165, 1.54) is 38.6 Å². The van der Waals surface area contributed by atoms with Gasteiger partial charge in [0.05, 0.1) is 90.6 Å². The summed E-state index contributed by atoms with van der Waals surface area (Å²) in [4.78, 5) is 79.2. The lowest BCUT2D eigenvalue weighted by Crippen LogP contribution is -2.29. The molecule has 7 aromatic rings. The minimum atomic E-state index is -0.0722. The number of benzene rings is 7. The van der Waals surface area contributed by atoms with E-state index in [0.717, 1.165) is 124 Å². The van der Waals surface area contributed by atoms with Crippen LogP contribution in [0.25, 0.3) is 21.5 Å². The fourth-order valence-corrected chi connectivity index (χ4v) is 23.2. The van der Waals surface area contributed by atoms with Crippen molar-refractivity contribution in [2.45, 2.75) is 277 Å². The van der Waals surface area contributed by atoms with Crippen LogP contribution < -0.4 is 23.7 Å². The first-order valence-corrected chi connectivity index (χ1v) is 45.2. The Morgan fingerprint density at radius 2 is 0.597 bits per heavy atom. The molecule has 5 saturated heterocycles. The largest absolute Gasteiger partial charge is 0.426 e. The smallest absolute Gasteiger partial charge is 0.373 e. The quantitative estimate of drug-likeness (QED) is 0.0392. The highest BCUT2D eigenvalue weighted by molar-refractivity contribution is 5.94. The topological polar surface area (TPSA) is 228 Å². The Morgan fingerprint density at radius 3 is 0.908 bits per heavy atom. The molecule has 0 spiro atoms. The summed E-state index contributed by atoms with van der Waals surface area (Å²) in [5, 5.41) is 4.56. The Balaban J connectivity index is 0.000000106. The van der Waals surface area contributed by atoms with Gasteiger partial charge in [-0.15, -0.1) is 0 Å². The summed E-state index contributed by atoms with van der Waals surface area (Å²) >= 11 is 0. The number of aryl methyl sites for hydroxylation is 3. The summed E-state index contributed by atoms with van der Waals surface area (Å²) in [5.41, 5.74) is 9.78. The second-order valence-corrected chi connectivity index (χ2v) is 38.1. The molecule has 7 aromatic carbocycles. The number of rotatable bonds is 20. The summed E-state index contributed by atoms with van der Waals surface area (Å²) in [6, 6.07) is 43.5. The maximum absolute atomic E-state index is 12.8. The molecule has 119 heavy (non-hydrogen) atoms. The van der Waals surface area contributed by atoms with Crippen LogP contribution in [0.15, 0.2) is 127 Å². The zero-order chi connectivity index (χ0) is 83.3. The van der Waals surface area contributed by atoms with Crippen LogP contribution in [0.5, 0.6) is 28.7 Å². The molecule has 22 rings (SSSR count). The number of ether oxygens (including phenoxy) is 10. The van der Waals surface area contributed by atoms with Crippen molar-refractivity contribution in [1.82, 2.24) is 0 Å². The van der Waals surface area contributed by atoms with Crippen LogP contribution in [0.4, 0.5) is 0 Å². The van der Waals surface area contributed by atoms with Gasteiger partial charge >= 0.3 is 36.0 Å². The summed E-state index contributed by atoms with van der Waals surface area (Å²) in [7, 11) is 0. The van der Waals surface area contributed by atoms with Crippen molar-refractivity contribution in [2.75, 3.05) is 0 Å². The third-order valence-electron chi connectivity index (χ3n) is 31.3. The third kappa shape index (κ3) is 16.6. The summed E-state index contributed by atoms with van der Waals surface area (Å²) in [5.74, 6) is 11.0. The predicted molar refractivity (Wildman–Crippen MR) is 450 cm³/mol. The number of esters is 5. The van der Waals surface area contributed by atoms with Gasteiger partial charge in [0.1, 0.15) is 28.7 Å². The Morgan fingerprint density at radius 1 is 0.319 bits per heavy atom. The van der Waals surface area contributed by atoms with Crippen molar-refractivity contribution >= 4 is 57.5 Å². The number of carbonyl (C=O) groups is 5. The lowest BCUT2D eigenvalue weighted by Gasteiger charge is -2.19. The number of hydrogen-bond donors (Lipinski definition) is 0. The molecule has 0 aromatic heterocycles. The van der Waals surface area contributed by atoms with Gasteiger partial charge in [0.2, 0.25) is 0 Å². The summed E-state index contributed by atoms with van der Waals surface area (Å²) < 4.78 is 57.1. The van der Waals surface area contributed by atoms with Gasteiger partial charge in [-0.05, 0) is 273 Å². The van der Waals surface area contributed by atoms with Crippen LogP contribution in [-0.2, 0) is 57.2 Å². The van der Waals surface area contributed by atoms with Gasteiger partial charge in [-0.2, -0.15) is 9.59 Å². The lowest BCUT2D eigenvalue weighted by atomic mass is 9.89. The van der Waals surface area contributed by atoms with E-state index in [-0.39, 0.29) is 65.6 Å². The van der Waals surface area contributed by atoms with Crippen LogP contribution >= 0.6 is 0 Å². The lowest BCUT2D eigenvalue weighted by molar-refractivity contribution is -0.192. The first-order valence-electron chi connectivity index (χ1n) is 45.2. The molecule has 30 atom stereocenters. The minimum Gasteiger partial charge on any atom is -0.426 e. The molecule has 30 unspecified atom stereocenters. The van der Waals surface area contributed by atoms with Crippen molar-refractivity contribution in [1.29, 1.82) is 0 Å². The highest BCUT2D eigenvalue weighted by Crippen LogP contribution is 2.63. The monoisotopic (exact) mass is 1620 g/mol. The second-order valence-electron chi connectivity index (χ2n) is 38.1. The molecule has 0 N–H and O–H groups in total. The van der Waals surface area contributed by atoms with Crippen molar-refractivity contribution in [3.05, 3.63) is 172 Å². The van der Waals surface area contributed by atoms with Gasteiger partial charge in [0, 0.05) is 35.0 Å². The van der Waals surface area contributed by atoms with Crippen molar-refractivity contribution < 1.29 is 80.9 Å². The standard InChI is InChI=1S/2C22H24O3.3C19H24O3.CO2/c1-3-12(2)13-4-5-15-9-17(7-6-14(15)8-13)24-22(23)19-11-16-10-18(19)21-20(16)25-21;1-3-12(2)14-8-9-19(16-7-5-4-6-15(14)16)24-22(23)18-11-13-10-17(18)21-20(13)25-21;3*1-4-10(2)12-5-6-16(11(3)7-12)21-19(20)15-9-13-8-14(15)18-17(13)22-18;2-1-3/h4-9,12,16,18-21H,3,10-11H2,1-2H3;4-9,12-13,17-18,20-21H,3,10-11H2,1-2H3;3*5-7,10,13-15,17-18H,4,8-9H2,1-3H3;. The van der Waals surface area contributed by atoms with Gasteiger partial charge in [0.25, 0.3) is 0 Å². The molecule has 17 nitrogen and oxygen atoms in total. The second kappa shape index (κ2) is 34.1. The molecule has 630 valence electrons. The van der Waals surface area contributed by atoms with Gasteiger partial charge < -0.3 is 47.4 Å². The highest BCUT2D eigenvalue weighted by Gasteiger charge is 2.69. The number of fused-ring (bicyclic) bond motifs is 27. The molecule has 0 amide bonds. The first kappa shape index (κ1) is 82.9. The summed E-state index contributed by atoms with van der Waals surface area (Å²) in [6.45, 7) is 28.2. The molecule has 5 heterocycles. The third-order valence-corrected chi connectivity index (χ3v) is 31.3. The van der Waals surface area contributed by atoms with Crippen LogP contribution in [0, 0.1) is 110 Å². The van der Waals surface area contributed by atoms with Crippen LogP contribution in [0.2, 0.25) is 0 Å². The Hall–Kier alpha value is -8.41. The van der Waals surface area contributed by atoms with Crippen molar-refractivity contribution in [2.24, 2.45) is 88.8 Å². The molecule has 10 aliphatic carbocycles. The van der Waals surface area contributed by atoms with E-state index >= 15 is 0 Å². The minimum absolute atomic E-state index is 0.0155. The summed E-state index contributed by atoms with van der Waals surface area (Å²) in [6.07, 6.45) is 20.3. The van der Waals surface area contributed by atoms with Crippen molar-refractivity contribution in [3.8, 4) is 28.7 Å². The Labute approximate surface area is 701 Å². The van der Waals surface area contributed by atoms with E-state index in [9.17, 15) is 24.0 Å². The molecule has 0 radical (unpaired) electrons. The van der Waals surface area contributed by atoms with Gasteiger partial charge in [-0.3, -0.25) is 24.0 Å². The number of hydrogen-bond acceptors (Lipinski definition) is 17. The van der Waals surface area contributed by atoms with E-state index in [2.05, 4.69) is 154 Å². The van der Waals surface area contributed by atoms with Crippen LogP contribution in [-0.4, -0.2) is 97.0 Å². The number of carbonyl (C=O) groups excluding carboxylic acids is 7. The van der Waals surface area contributed by atoms with E-state index in [4.69, 9.17) is 57.0 Å². The fraction of sp³-hybridized carbons (Fsp3) is 0.569. The van der Waals surface area contributed by atoms with Gasteiger partial charge in [0.15, 0.2) is 0 Å².